The number of hydrogen-bond donors (Lipinski definition) is 1. The molecule has 102 valence electrons. The van der Waals surface area contributed by atoms with Crippen molar-refractivity contribution in [3.8, 4) is 5.82 Å². The van der Waals surface area contributed by atoms with Crippen LogP contribution < -0.4 is 5.32 Å². The lowest BCUT2D eigenvalue weighted by Gasteiger charge is -2.09. The lowest BCUT2D eigenvalue weighted by Crippen LogP contribution is -2.14. The van der Waals surface area contributed by atoms with Crippen molar-refractivity contribution in [1.82, 2.24) is 20.1 Å². The van der Waals surface area contributed by atoms with Gasteiger partial charge in [-0.15, -0.1) is 0 Å². The number of halogens is 1. The predicted molar refractivity (Wildman–Crippen MR) is 78.0 cm³/mol. The lowest BCUT2D eigenvalue weighted by atomic mass is 10.2. The van der Waals surface area contributed by atoms with Crippen molar-refractivity contribution in [2.75, 3.05) is 6.54 Å². The maximum Gasteiger partial charge on any atom is 0.153 e. The first-order valence-electron chi connectivity index (χ1n) is 6.44. The molecule has 0 saturated carbocycles. The van der Waals surface area contributed by atoms with E-state index in [1.807, 2.05) is 26.8 Å². The second-order valence-corrected chi connectivity index (χ2v) is 4.97. The molecule has 1 N–H and O–H groups in total. The van der Waals surface area contributed by atoms with Crippen LogP contribution in [0.15, 0.2) is 12.1 Å². The van der Waals surface area contributed by atoms with E-state index >= 15 is 0 Å². The van der Waals surface area contributed by atoms with Gasteiger partial charge in [0.05, 0.1) is 16.4 Å². The number of rotatable bonds is 4. The molecule has 5 heteroatoms. The molecule has 4 nitrogen and oxygen atoms in total. The molecule has 0 aromatic carbocycles. The summed E-state index contributed by atoms with van der Waals surface area (Å²) in [6.07, 6.45) is 0. The van der Waals surface area contributed by atoms with E-state index in [0.29, 0.717) is 5.02 Å². The number of hydrogen-bond acceptors (Lipinski definition) is 3. The molecule has 0 unspecified atom stereocenters. The summed E-state index contributed by atoms with van der Waals surface area (Å²) in [5, 5.41) is 8.43. The maximum absolute atomic E-state index is 6.17. The number of nitrogens with one attached hydrogen (secondary N) is 1. The molecule has 2 rings (SSSR count). The zero-order chi connectivity index (χ0) is 14.0. The summed E-state index contributed by atoms with van der Waals surface area (Å²) >= 11 is 6.17. The normalized spacial score (nSPS) is 11.0. The first-order valence-corrected chi connectivity index (χ1v) is 6.81. The van der Waals surface area contributed by atoms with Gasteiger partial charge in [-0.1, -0.05) is 24.6 Å². The van der Waals surface area contributed by atoms with Crippen LogP contribution >= 0.6 is 11.6 Å². The van der Waals surface area contributed by atoms with E-state index in [1.165, 1.54) is 5.56 Å². The monoisotopic (exact) mass is 278 g/mol. The zero-order valence-electron chi connectivity index (χ0n) is 11.8. The standard InChI is InChI=1S/C14H19ClN4/c1-5-16-8-12-6-7-13(17-9(12)2)19-11(4)14(15)10(3)18-19/h6-7,16H,5,8H2,1-4H3. The third-order valence-electron chi connectivity index (χ3n) is 3.17. The smallest absolute Gasteiger partial charge is 0.153 e. The van der Waals surface area contributed by atoms with Crippen LogP contribution in [-0.2, 0) is 6.54 Å². The van der Waals surface area contributed by atoms with Crippen LogP contribution in [0, 0.1) is 20.8 Å². The van der Waals surface area contributed by atoms with Gasteiger partial charge in [-0.05, 0) is 38.9 Å². The highest BCUT2D eigenvalue weighted by Gasteiger charge is 2.12. The minimum absolute atomic E-state index is 0.705. The largest absolute Gasteiger partial charge is 0.313 e. The highest BCUT2D eigenvalue weighted by Crippen LogP contribution is 2.22. The summed E-state index contributed by atoms with van der Waals surface area (Å²) in [5.41, 5.74) is 3.97. The summed E-state index contributed by atoms with van der Waals surface area (Å²) in [5.74, 6) is 0.810. The molecular weight excluding hydrogens is 260 g/mol. The molecule has 0 spiro atoms. The van der Waals surface area contributed by atoms with E-state index in [2.05, 4.69) is 28.4 Å². The fourth-order valence-corrected chi connectivity index (χ4v) is 2.11. The van der Waals surface area contributed by atoms with Crippen molar-refractivity contribution in [1.29, 1.82) is 0 Å². The summed E-state index contributed by atoms with van der Waals surface area (Å²) in [4.78, 5) is 4.61. The fourth-order valence-electron chi connectivity index (χ4n) is 1.99. The fraction of sp³-hybridized carbons (Fsp3) is 0.429. The van der Waals surface area contributed by atoms with Crippen molar-refractivity contribution >= 4 is 11.6 Å². The Morgan fingerprint density at radius 2 is 1.95 bits per heavy atom. The molecule has 0 saturated heterocycles. The number of aromatic nitrogens is 3. The van der Waals surface area contributed by atoms with Crippen molar-refractivity contribution < 1.29 is 0 Å². The minimum Gasteiger partial charge on any atom is -0.313 e. The molecular formula is C14H19ClN4. The molecule has 2 aromatic rings. The summed E-state index contributed by atoms with van der Waals surface area (Å²) in [6.45, 7) is 9.75. The first-order chi connectivity index (χ1) is 9.04. The number of nitrogens with zero attached hydrogens (tertiary/aromatic N) is 3. The highest BCUT2D eigenvalue weighted by molar-refractivity contribution is 6.31. The predicted octanol–water partition coefficient (Wildman–Crippen LogP) is 2.96. The third-order valence-corrected chi connectivity index (χ3v) is 3.71. The Bertz CT molecular complexity index is 589. The molecule has 2 aromatic heterocycles. The Morgan fingerprint density at radius 1 is 1.21 bits per heavy atom. The van der Waals surface area contributed by atoms with Gasteiger partial charge in [0.15, 0.2) is 5.82 Å². The Labute approximate surface area is 118 Å². The van der Waals surface area contributed by atoms with Crippen LogP contribution in [0.2, 0.25) is 5.02 Å². The SMILES string of the molecule is CCNCc1ccc(-n2nc(C)c(Cl)c2C)nc1C. The molecule has 0 aliphatic carbocycles. The zero-order valence-corrected chi connectivity index (χ0v) is 12.5. The van der Waals surface area contributed by atoms with Crippen LogP contribution in [0.1, 0.15) is 29.6 Å². The van der Waals surface area contributed by atoms with E-state index in [1.54, 1.807) is 4.68 Å². The molecule has 0 amide bonds. The topological polar surface area (TPSA) is 42.7 Å². The van der Waals surface area contributed by atoms with E-state index in [-0.39, 0.29) is 0 Å². The molecule has 0 atom stereocenters. The van der Waals surface area contributed by atoms with Gasteiger partial charge in [-0.2, -0.15) is 5.10 Å². The van der Waals surface area contributed by atoms with Crippen LogP contribution in [-0.4, -0.2) is 21.3 Å². The molecule has 0 fully saturated rings. The lowest BCUT2D eigenvalue weighted by molar-refractivity contribution is 0.716. The van der Waals surface area contributed by atoms with Gasteiger partial charge in [-0.25, -0.2) is 9.67 Å². The average molecular weight is 279 g/mol. The molecule has 0 radical (unpaired) electrons. The Kier molecular flexibility index (Phi) is 4.22. The van der Waals surface area contributed by atoms with E-state index in [9.17, 15) is 0 Å². The highest BCUT2D eigenvalue weighted by atomic mass is 35.5. The van der Waals surface area contributed by atoms with Crippen LogP contribution in [0.5, 0.6) is 0 Å². The first kappa shape index (κ1) is 14.0. The van der Waals surface area contributed by atoms with Crippen molar-refractivity contribution in [3.05, 3.63) is 39.8 Å². The van der Waals surface area contributed by atoms with Gasteiger partial charge in [0, 0.05) is 12.2 Å². The minimum atomic E-state index is 0.705. The van der Waals surface area contributed by atoms with Crippen LogP contribution in [0.25, 0.3) is 5.82 Å². The summed E-state index contributed by atoms with van der Waals surface area (Å²) in [6, 6.07) is 4.07. The Morgan fingerprint density at radius 3 is 2.47 bits per heavy atom. The van der Waals surface area contributed by atoms with Crippen LogP contribution in [0.3, 0.4) is 0 Å². The van der Waals surface area contributed by atoms with Gasteiger partial charge in [-0.3, -0.25) is 0 Å². The van der Waals surface area contributed by atoms with Crippen molar-refractivity contribution in [2.45, 2.75) is 34.2 Å². The van der Waals surface area contributed by atoms with Gasteiger partial charge in [0.25, 0.3) is 0 Å². The second kappa shape index (κ2) is 5.72. The summed E-state index contributed by atoms with van der Waals surface area (Å²) in [7, 11) is 0. The number of pyridine rings is 1. The number of aryl methyl sites for hydroxylation is 2. The van der Waals surface area contributed by atoms with Crippen molar-refractivity contribution in [2.24, 2.45) is 0 Å². The molecule has 19 heavy (non-hydrogen) atoms. The average Bonchev–Trinajstić information content (AvgIpc) is 2.65. The van der Waals surface area contributed by atoms with E-state index in [0.717, 1.165) is 36.0 Å². The second-order valence-electron chi connectivity index (χ2n) is 4.59. The molecule has 2 heterocycles. The molecule has 0 aliphatic heterocycles. The quantitative estimate of drug-likeness (QED) is 0.935. The van der Waals surface area contributed by atoms with Crippen LogP contribution in [0.4, 0.5) is 0 Å². The summed E-state index contributed by atoms with van der Waals surface area (Å²) < 4.78 is 1.79. The van der Waals surface area contributed by atoms with Gasteiger partial charge in [0.1, 0.15) is 0 Å². The van der Waals surface area contributed by atoms with Gasteiger partial charge < -0.3 is 5.32 Å². The maximum atomic E-state index is 6.17. The third kappa shape index (κ3) is 2.80. The van der Waals surface area contributed by atoms with Crippen molar-refractivity contribution in [3.63, 3.8) is 0 Å². The van der Waals surface area contributed by atoms with E-state index < -0.39 is 0 Å². The van der Waals surface area contributed by atoms with E-state index in [4.69, 9.17) is 11.6 Å². The molecule has 0 aliphatic rings. The Hall–Kier alpha value is -1.39. The Balaban J connectivity index is 2.36. The van der Waals surface area contributed by atoms with Gasteiger partial charge >= 0.3 is 0 Å². The molecule has 0 bridgehead atoms. The van der Waals surface area contributed by atoms with Gasteiger partial charge in [0.2, 0.25) is 0 Å².